The van der Waals surface area contributed by atoms with Crippen LogP contribution in [0.2, 0.25) is 0 Å². The van der Waals surface area contributed by atoms with Gasteiger partial charge in [-0.25, -0.2) is 9.38 Å². The summed E-state index contributed by atoms with van der Waals surface area (Å²) in [6.07, 6.45) is 0.422. The van der Waals surface area contributed by atoms with Crippen molar-refractivity contribution in [1.29, 1.82) is 0 Å². The molecule has 1 atom stereocenters. The number of aliphatic imine (C=N–C) groups is 1. The fourth-order valence-corrected chi connectivity index (χ4v) is 2.26. The van der Waals surface area contributed by atoms with Crippen LogP contribution < -0.4 is 15.4 Å². The fraction of sp³-hybridized carbons (Fsp3) is 0.526. The average molecular weight is 377 g/mol. The van der Waals surface area contributed by atoms with Crippen LogP contribution >= 0.6 is 0 Å². The quantitative estimate of drug-likeness (QED) is 0.516. The molecule has 0 saturated carbocycles. The third-order valence-electron chi connectivity index (χ3n) is 3.62. The molecular formula is C19H28FN5O2. The number of hydrogen-bond donors (Lipinski definition) is 2. The van der Waals surface area contributed by atoms with Gasteiger partial charge in [-0.3, -0.25) is 0 Å². The molecule has 0 aliphatic carbocycles. The minimum absolute atomic E-state index is 0.188. The van der Waals surface area contributed by atoms with Crippen LogP contribution in [-0.2, 0) is 6.42 Å². The molecule has 27 heavy (non-hydrogen) atoms. The monoisotopic (exact) mass is 377 g/mol. The zero-order chi connectivity index (χ0) is 19.6. The molecule has 1 heterocycles. The highest BCUT2D eigenvalue weighted by molar-refractivity contribution is 5.79. The first kappa shape index (κ1) is 20.7. The van der Waals surface area contributed by atoms with E-state index >= 15 is 0 Å². The summed E-state index contributed by atoms with van der Waals surface area (Å²) < 4.78 is 24.1. The molecule has 2 aromatic rings. The summed E-state index contributed by atoms with van der Waals surface area (Å²) in [7, 11) is 0. The zero-order valence-electron chi connectivity index (χ0n) is 16.3. The molecule has 0 aliphatic rings. The van der Waals surface area contributed by atoms with E-state index in [0.717, 1.165) is 6.54 Å². The Hall–Kier alpha value is -2.64. The van der Waals surface area contributed by atoms with Crippen LogP contribution in [-0.4, -0.2) is 41.8 Å². The van der Waals surface area contributed by atoms with Gasteiger partial charge in [0.15, 0.2) is 11.8 Å². The Morgan fingerprint density at radius 1 is 1.30 bits per heavy atom. The molecule has 8 heteroatoms. The molecule has 0 spiro atoms. The van der Waals surface area contributed by atoms with Crippen molar-refractivity contribution in [2.24, 2.45) is 4.99 Å². The lowest BCUT2D eigenvalue weighted by Gasteiger charge is -2.15. The zero-order valence-corrected chi connectivity index (χ0v) is 16.3. The van der Waals surface area contributed by atoms with E-state index in [-0.39, 0.29) is 17.8 Å². The van der Waals surface area contributed by atoms with Crippen LogP contribution in [0.4, 0.5) is 4.39 Å². The number of nitrogens with zero attached hydrogens (tertiary/aromatic N) is 3. The van der Waals surface area contributed by atoms with Gasteiger partial charge >= 0.3 is 0 Å². The van der Waals surface area contributed by atoms with Crippen molar-refractivity contribution in [3.8, 4) is 5.75 Å². The fourth-order valence-electron chi connectivity index (χ4n) is 2.26. The molecule has 0 bridgehead atoms. The van der Waals surface area contributed by atoms with E-state index in [9.17, 15) is 4.39 Å². The van der Waals surface area contributed by atoms with E-state index in [1.54, 1.807) is 12.1 Å². The summed E-state index contributed by atoms with van der Waals surface area (Å²) in [4.78, 5) is 8.86. The lowest BCUT2D eigenvalue weighted by Crippen LogP contribution is -2.39. The topological polar surface area (TPSA) is 84.6 Å². The van der Waals surface area contributed by atoms with Gasteiger partial charge in [0.25, 0.3) is 0 Å². The first-order chi connectivity index (χ1) is 13.0. The minimum atomic E-state index is -0.320. The minimum Gasteiger partial charge on any atom is -0.489 e. The van der Waals surface area contributed by atoms with Crippen molar-refractivity contribution >= 4 is 5.96 Å². The number of aromatic nitrogens is 2. The molecule has 148 valence electrons. The molecule has 0 saturated heterocycles. The predicted octanol–water partition coefficient (Wildman–Crippen LogP) is 2.90. The van der Waals surface area contributed by atoms with E-state index in [4.69, 9.17) is 9.26 Å². The number of rotatable bonds is 9. The van der Waals surface area contributed by atoms with Crippen molar-refractivity contribution in [3.63, 3.8) is 0 Å². The molecular weight excluding hydrogens is 349 g/mol. The Morgan fingerprint density at radius 2 is 2.11 bits per heavy atom. The van der Waals surface area contributed by atoms with Crippen LogP contribution in [0, 0.1) is 5.82 Å². The second kappa shape index (κ2) is 10.5. The molecule has 0 fully saturated rings. The third kappa shape index (κ3) is 7.24. The Bertz CT molecular complexity index is 732. The Balaban J connectivity index is 1.81. The van der Waals surface area contributed by atoms with Crippen molar-refractivity contribution in [3.05, 3.63) is 41.8 Å². The van der Waals surface area contributed by atoms with Gasteiger partial charge in [0.1, 0.15) is 17.7 Å². The maximum atomic E-state index is 13.2. The van der Waals surface area contributed by atoms with E-state index in [1.807, 2.05) is 27.7 Å². The highest BCUT2D eigenvalue weighted by atomic mass is 19.1. The highest BCUT2D eigenvalue weighted by Gasteiger charge is 2.10. The SMILES string of the molecule is CCNC(=NCC(C)Oc1cccc(F)c1)NCCc1nc(C(C)C)no1. The van der Waals surface area contributed by atoms with Crippen molar-refractivity contribution in [2.45, 2.75) is 46.1 Å². The standard InChI is InChI=1S/C19H28FN5O2/c1-5-21-19(22-10-9-17-24-18(13(2)3)25-27-17)23-12-14(4)26-16-8-6-7-15(20)11-16/h6-8,11,13-14H,5,9-10,12H2,1-4H3,(H2,21,22,23). The van der Waals surface area contributed by atoms with Gasteiger partial charge < -0.3 is 19.9 Å². The molecule has 2 N–H and O–H groups in total. The maximum Gasteiger partial charge on any atom is 0.228 e. The molecule has 0 amide bonds. The van der Waals surface area contributed by atoms with E-state index in [1.165, 1.54) is 12.1 Å². The van der Waals surface area contributed by atoms with Crippen molar-refractivity contribution in [1.82, 2.24) is 20.8 Å². The second-order valence-electron chi connectivity index (χ2n) is 6.48. The summed E-state index contributed by atoms with van der Waals surface area (Å²) in [5.74, 6) is 2.41. The van der Waals surface area contributed by atoms with Gasteiger partial charge in [0.2, 0.25) is 5.89 Å². The number of ether oxygens (including phenoxy) is 1. The number of benzene rings is 1. The van der Waals surface area contributed by atoms with Gasteiger partial charge in [-0.05, 0) is 26.0 Å². The number of nitrogens with one attached hydrogen (secondary N) is 2. The molecule has 0 aliphatic heterocycles. The molecule has 7 nitrogen and oxygen atoms in total. The molecule has 1 aromatic heterocycles. The highest BCUT2D eigenvalue weighted by Crippen LogP contribution is 2.13. The number of hydrogen-bond acceptors (Lipinski definition) is 5. The number of halogens is 1. The molecule has 2 rings (SSSR count). The first-order valence-electron chi connectivity index (χ1n) is 9.24. The molecule has 1 unspecified atom stereocenters. The van der Waals surface area contributed by atoms with Crippen molar-refractivity contribution in [2.75, 3.05) is 19.6 Å². The summed E-state index contributed by atoms with van der Waals surface area (Å²) in [5.41, 5.74) is 0. The van der Waals surface area contributed by atoms with E-state index in [2.05, 4.69) is 25.8 Å². The second-order valence-corrected chi connectivity index (χ2v) is 6.48. The lowest BCUT2D eigenvalue weighted by atomic mass is 10.2. The van der Waals surface area contributed by atoms with Gasteiger partial charge in [-0.2, -0.15) is 4.98 Å². The van der Waals surface area contributed by atoms with Crippen LogP contribution in [0.15, 0.2) is 33.8 Å². The van der Waals surface area contributed by atoms with Gasteiger partial charge in [0.05, 0.1) is 6.54 Å². The van der Waals surface area contributed by atoms with Crippen LogP contribution in [0.1, 0.15) is 45.3 Å². The van der Waals surface area contributed by atoms with Crippen LogP contribution in [0.25, 0.3) is 0 Å². The molecule has 0 radical (unpaired) electrons. The normalized spacial score (nSPS) is 12.9. The number of guanidine groups is 1. The Morgan fingerprint density at radius 3 is 2.78 bits per heavy atom. The average Bonchev–Trinajstić information content (AvgIpc) is 3.09. The maximum absolute atomic E-state index is 13.2. The Kier molecular flexibility index (Phi) is 8.03. The van der Waals surface area contributed by atoms with Crippen LogP contribution in [0.5, 0.6) is 5.75 Å². The van der Waals surface area contributed by atoms with E-state index in [0.29, 0.717) is 42.9 Å². The molecule has 1 aromatic carbocycles. The summed E-state index contributed by atoms with van der Waals surface area (Å²) >= 11 is 0. The van der Waals surface area contributed by atoms with Crippen molar-refractivity contribution < 1.29 is 13.7 Å². The van der Waals surface area contributed by atoms with Gasteiger partial charge in [-0.1, -0.05) is 25.1 Å². The third-order valence-corrected chi connectivity index (χ3v) is 3.62. The summed E-state index contributed by atoms with van der Waals surface area (Å²) in [6, 6.07) is 6.09. The van der Waals surface area contributed by atoms with Gasteiger partial charge in [0, 0.05) is 31.5 Å². The first-order valence-corrected chi connectivity index (χ1v) is 9.24. The summed E-state index contributed by atoms with van der Waals surface area (Å²) in [6.45, 7) is 9.73. The van der Waals surface area contributed by atoms with E-state index < -0.39 is 0 Å². The predicted molar refractivity (Wildman–Crippen MR) is 103 cm³/mol. The lowest BCUT2D eigenvalue weighted by molar-refractivity contribution is 0.229. The van der Waals surface area contributed by atoms with Gasteiger partial charge in [-0.15, -0.1) is 0 Å². The largest absolute Gasteiger partial charge is 0.489 e. The summed E-state index contributed by atoms with van der Waals surface area (Å²) in [5, 5.41) is 10.4. The Labute approximate surface area is 159 Å². The van der Waals surface area contributed by atoms with Crippen LogP contribution in [0.3, 0.4) is 0 Å². The smallest absolute Gasteiger partial charge is 0.228 e.